The molecule has 2 aromatic rings. The van der Waals surface area contributed by atoms with Crippen molar-refractivity contribution in [3.63, 3.8) is 0 Å². The number of rotatable bonds is 5. The lowest BCUT2D eigenvalue weighted by atomic mass is 10.0. The van der Waals surface area contributed by atoms with E-state index in [0.717, 1.165) is 12.2 Å². The highest BCUT2D eigenvalue weighted by atomic mass is 16.6. The van der Waals surface area contributed by atoms with Crippen molar-refractivity contribution in [2.24, 2.45) is 5.41 Å². The van der Waals surface area contributed by atoms with Gasteiger partial charge in [0.1, 0.15) is 5.52 Å². The number of anilines is 1. The quantitative estimate of drug-likeness (QED) is 0.664. The van der Waals surface area contributed by atoms with E-state index in [9.17, 15) is 10.1 Å². The molecule has 1 aliphatic rings. The monoisotopic (exact) mass is 271 g/mol. The fraction of sp³-hybridized carbons (Fsp3) is 0.400. The van der Waals surface area contributed by atoms with Crippen LogP contribution in [0.15, 0.2) is 30.5 Å². The van der Waals surface area contributed by atoms with E-state index in [-0.39, 0.29) is 10.6 Å². The van der Waals surface area contributed by atoms with Gasteiger partial charge in [-0.15, -0.1) is 0 Å². The largest absolute Gasteiger partial charge is 0.383 e. The Balaban J connectivity index is 1.96. The Hall–Kier alpha value is -2.17. The Morgan fingerprint density at radius 3 is 2.85 bits per heavy atom. The Bertz CT molecular complexity index is 665. The molecule has 0 atom stereocenters. The summed E-state index contributed by atoms with van der Waals surface area (Å²) in [5.74, 6) is 0. The van der Waals surface area contributed by atoms with Gasteiger partial charge in [0, 0.05) is 18.8 Å². The van der Waals surface area contributed by atoms with Crippen LogP contribution in [0, 0.1) is 15.5 Å². The Labute approximate surface area is 117 Å². The van der Waals surface area contributed by atoms with E-state index in [1.165, 1.54) is 19.3 Å². The smallest absolute Gasteiger partial charge is 0.278 e. The summed E-state index contributed by atoms with van der Waals surface area (Å²) in [5, 5.41) is 15.1. The van der Waals surface area contributed by atoms with Crippen LogP contribution in [0.1, 0.15) is 26.2 Å². The van der Waals surface area contributed by atoms with Crippen LogP contribution in [0.25, 0.3) is 10.9 Å². The first-order valence-corrected chi connectivity index (χ1v) is 6.91. The maximum absolute atomic E-state index is 11.1. The number of nitro groups is 1. The van der Waals surface area contributed by atoms with E-state index < -0.39 is 0 Å². The second-order valence-corrected chi connectivity index (χ2v) is 5.50. The van der Waals surface area contributed by atoms with Crippen molar-refractivity contribution in [2.75, 3.05) is 11.9 Å². The zero-order valence-corrected chi connectivity index (χ0v) is 11.4. The van der Waals surface area contributed by atoms with Gasteiger partial charge < -0.3 is 5.32 Å². The van der Waals surface area contributed by atoms with Crippen molar-refractivity contribution < 1.29 is 4.92 Å². The van der Waals surface area contributed by atoms with Gasteiger partial charge in [-0.1, -0.05) is 6.92 Å². The molecule has 0 saturated heterocycles. The summed E-state index contributed by atoms with van der Waals surface area (Å²) in [4.78, 5) is 15.0. The van der Waals surface area contributed by atoms with Gasteiger partial charge in [0.15, 0.2) is 0 Å². The summed E-state index contributed by atoms with van der Waals surface area (Å²) in [6.45, 7) is 3.12. The third-order valence-corrected chi connectivity index (χ3v) is 4.30. The minimum atomic E-state index is -0.359. The van der Waals surface area contributed by atoms with Crippen molar-refractivity contribution in [1.29, 1.82) is 0 Å². The molecule has 3 rings (SSSR count). The lowest BCUT2D eigenvalue weighted by Crippen LogP contribution is -2.14. The van der Waals surface area contributed by atoms with Gasteiger partial charge in [-0.25, -0.2) is 0 Å². The second kappa shape index (κ2) is 4.74. The minimum Gasteiger partial charge on any atom is -0.383 e. The number of nitrogens with one attached hydrogen (secondary N) is 1. The van der Waals surface area contributed by atoms with Crippen LogP contribution in [-0.2, 0) is 0 Å². The van der Waals surface area contributed by atoms with E-state index in [2.05, 4.69) is 17.2 Å². The third kappa shape index (κ3) is 2.19. The molecule has 0 aliphatic heterocycles. The maximum Gasteiger partial charge on any atom is 0.278 e. The summed E-state index contributed by atoms with van der Waals surface area (Å²) >= 11 is 0. The second-order valence-electron chi connectivity index (χ2n) is 5.50. The average Bonchev–Trinajstić information content (AvgIpc) is 3.25. The van der Waals surface area contributed by atoms with Crippen LogP contribution >= 0.6 is 0 Å². The van der Waals surface area contributed by atoms with E-state index in [1.807, 2.05) is 0 Å². The molecule has 0 bridgehead atoms. The highest BCUT2D eigenvalue weighted by Crippen LogP contribution is 2.48. The molecule has 5 heteroatoms. The number of benzene rings is 1. The molecular formula is C15H17N3O2. The minimum absolute atomic E-state index is 0.107. The predicted molar refractivity (Wildman–Crippen MR) is 78.8 cm³/mol. The number of aromatic nitrogens is 1. The van der Waals surface area contributed by atoms with Gasteiger partial charge in [0.2, 0.25) is 0 Å². The summed E-state index contributed by atoms with van der Waals surface area (Å²) < 4.78 is 0. The number of non-ortho nitro benzene ring substituents is 1. The van der Waals surface area contributed by atoms with Crippen LogP contribution < -0.4 is 5.32 Å². The third-order valence-electron chi connectivity index (χ3n) is 4.30. The zero-order chi connectivity index (χ0) is 14.2. The van der Waals surface area contributed by atoms with Gasteiger partial charge in [0.05, 0.1) is 16.0 Å². The molecule has 1 aromatic heterocycles. The van der Waals surface area contributed by atoms with Crippen LogP contribution in [0.3, 0.4) is 0 Å². The summed E-state index contributed by atoms with van der Waals surface area (Å²) in [7, 11) is 0. The first-order chi connectivity index (χ1) is 9.65. The molecule has 1 fully saturated rings. The van der Waals surface area contributed by atoms with Gasteiger partial charge in [-0.05, 0) is 42.9 Å². The zero-order valence-electron chi connectivity index (χ0n) is 11.4. The number of hydrogen-bond acceptors (Lipinski definition) is 4. The number of hydrogen-bond donors (Lipinski definition) is 1. The predicted octanol–water partition coefficient (Wildman–Crippen LogP) is 3.75. The van der Waals surface area contributed by atoms with Crippen LogP contribution in [0.4, 0.5) is 11.4 Å². The highest BCUT2D eigenvalue weighted by molar-refractivity contribution is 5.96. The van der Waals surface area contributed by atoms with Gasteiger partial charge in [0.25, 0.3) is 5.69 Å². The summed E-state index contributed by atoms with van der Waals surface area (Å²) in [5.41, 5.74) is 2.08. The average molecular weight is 271 g/mol. The van der Waals surface area contributed by atoms with Crippen molar-refractivity contribution in [3.05, 3.63) is 40.6 Å². The molecule has 1 aromatic carbocycles. The Morgan fingerprint density at radius 2 is 2.20 bits per heavy atom. The molecule has 0 amide bonds. The summed E-state index contributed by atoms with van der Waals surface area (Å²) in [6.07, 6.45) is 5.35. The standard InChI is InChI=1S/C15H17N3O2/c1-2-15(7-8-15)10-17-12-5-6-13(18(19)20)11-4-3-9-16-14(11)12/h3-6,9,17H,2,7-8,10H2,1H3. The van der Waals surface area contributed by atoms with Crippen molar-refractivity contribution in [3.8, 4) is 0 Å². The molecule has 5 nitrogen and oxygen atoms in total. The van der Waals surface area contributed by atoms with Crippen molar-refractivity contribution in [1.82, 2.24) is 4.98 Å². The first-order valence-electron chi connectivity index (χ1n) is 6.91. The number of nitrogens with zero attached hydrogens (tertiary/aromatic N) is 2. The molecule has 20 heavy (non-hydrogen) atoms. The molecular weight excluding hydrogens is 254 g/mol. The number of pyridine rings is 1. The van der Waals surface area contributed by atoms with Crippen LogP contribution in [0.5, 0.6) is 0 Å². The molecule has 1 heterocycles. The SMILES string of the molecule is CCC1(CNc2ccc([N+](=O)[O-])c3cccnc23)CC1. The fourth-order valence-corrected chi connectivity index (χ4v) is 2.57. The van der Waals surface area contributed by atoms with E-state index >= 15 is 0 Å². The van der Waals surface area contributed by atoms with E-state index in [4.69, 9.17) is 0 Å². The molecule has 1 aliphatic carbocycles. The van der Waals surface area contributed by atoms with Gasteiger partial charge in [-0.2, -0.15) is 0 Å². The van der Waals surface area contributed by atoms with Crippen LogP contribution in [-0.4, -0.2) is 16.5 Å². The Morgan fingerprint density at radius 1 is 1.40 bits per heavy atom. The highest BCUT2D eigenvalue weighted by Gasteiger charge is 2.40. The normalized spacial score (nSPS) is 16.1. The van der Waals surface area contributed by atoms with Crippen molar-refractivity contribution >= 4 is 22.3 Å². The fourth-order valence-electron chi connectivity index (χ4n) is 2.57. The maximum atomic E-state index is 11.1. The summed E-state index contributed by atoms with van der Waals surface area (Å²) in [6, 6.07) is 6.79. The molecule has 104 valence electrons. The molecule has 0 radical (unpaired) electrons. The van der Waals surface area contributed by atoms with E-state index in [1.54, 1.807) is 30.5 Å². The first kappa shape index (κ1) is 12.8. The van der Waals surface area contributed by atoms with Crippen molar-refractivity contribution in [2.45, 2.75) is 26.2 Å². The Kier molecular flexibility index (Phi) is 3.04. The van der Waals surface area contributed by atoms with Gasteiger partial charge >= 0.3 is 0 Å². The topological polar surface area (TPSA) is 68.1 Å². The molecule has 0 spiro atoms. The molecule has 1 N–H and O–H groups in total. The lowest BCUT2D eigenvalue weighted by molar-refractivity contribution is -0.383. The van der Waals surface area contributed by atoms with Gasteiger partial charge in [-0.3, -0.25) is 15.1 Å². The lowest BCUT2D eigenvalue weighted by Gasteiger charge is -2.15. The molecule has 1 saturated carbocycles. The number of nitro benzene ring substituents is 1. The van der Waals surface area contributed by atoms with E-state index in [0.29, 0.717) is 16.3 Å². The molecule has 0 unspecified atom stereocenters. The van der Waals surface area contributed by atoms with Crippen LogP contribution in [0.2, 0.25) is 0 Å². The number of fused-ring (bicyclic) bond motifs is 1.